The Morgan fingerprint density at radius 2 is 1.95 bits per heavy atom. The maximum Gasteiger partial charge on any atom is 0.223 e. The largest absolute Gasteiger partial charge is 0.341 e. The van der Waals surface area contributed by atoms with E-state index in [-0.39, 0.29) is 16.3 Å². The third-order valence-electron chi connectivity index (χ3n) is 3.49. The van der Waals surface area contributed by atoms with Gasteiger partial charge in [0.2, 0.25) is 5.91 Å². The van der Waals surface area contributed by atoms with Gasteiger partial charge in [0.1, 0.15) is 0 Å². The first-order valence-corrected chi connectivity index (χ1v) is 8.62. The van der Waals surface area contributed by atoms with E-state index in [9.17, 15) is 9.59 Å². The lowest BCUT2D eigenvalue weighted by Gasteiger charge is -2.23. The van der Waals surface area contributed by atoms with E-state index in [4.69, 9.17) is 0 Å². The lowest BCUT2D eigenvalue weighted by atomic mass is 10.3. The minimum Gasteiger partial charge on any atom is -0.341 e. The average molecular weight is 300 g/mol. The predicted molar refractivity (Wildman–Crippen MR) is 84.9 cm³/mol. The molecule has 5 heteroatoms. The Hall–Kier alpha value is -0.550. The molecule has 0 spiro atoms. The summed E-state index contributed by atoms with van der Waals surface area (Å²) in [5.41, 5.74) is 0. The number of hydrogen-bond donors (Lipinski definition) is 0. The molecule has 0 aliphatic carbocycles. The second kappa shape index (κ2) is 9.40. The Kier molecular flexibility index (Phi) is 8.22. The van der Waals surface area contributed by atoms with Crippen LogP contribution >= 0.6 is 11.8 Å². The molecule has 116 valence electrons. The Bertz CT molecular complexity index is 317. The fourth-order valence-electron chi connectivity index (χ4n) is 2.72. The Balaban J connectivity index is 2.27. The highest BCUT2D eigenvalue weighted by Gasteiger charge is 2.30. The van der Waals surface area contributed by atoms with Crippen molar-refractivity contribution in [2.45, 2.75) is 51.7 Å². The van der Waals surface area contributed by atoms with Gasteiger partial charge in [0.05, 0.1) is 0 Å². The molecule has 1 rings (SSSR count). The summed E-state index contributed by atoms with van der Waals surface area (Å²) in [7, 11) is 0. The maximum absolute atomic E-state index is 11.9. The number of carbonyl (C=O) groups is 2. The number of rotatable bonds is 9. The van der Waals surface area contributed by atoms with Gasteiger partial charge < -0.3 is 9.80 Å². The minimum atomic E-state index is 0.113. The zero-order valence-corrected chi connectivity index (χ0v) is 13.9. The fourth-order valence-corrected chi connectivity index (χ4v) is 3.67. The third kappa shape index (κ3) is 6.27. The van der Waals surface area contributed by atoms with Crippen LogP contribution in [0.4, 0.5) is 0 Å². The predicted octanol–water partition coefficient (Wildman–Crippen LogP) is 2.38. The van der Waals surface area contributed by atoms with Gasteiger partial charge in [-0.3, -0.25) is 9.59 Å². The summed E-state index contributed by atoms with van der Waals surface area (Å²) in [6, 6.07) is 0. The summed E-state index contributed by atoms with van der Waals surface area (Å²) in [5.74, 6) is 0.210. The first-order valence-electron chi connectivity index (χ1n) is 7.74. The van der Waals surface area contributed by atoms with Gasteiger partial charge >= 0.3 is 0 Å². The van der Waals surface area contributed by atoms with Gasteiger partial charge in [0, 0.05) is 31.7 Å². The molecule has 1 fully saturated rings. The van der Waals surface area contributed by atoms with E-state index in [0.717, 1.165) is 39.1 Å². The van der Waals surface area contributed by atoms with Crippen LogP contribution in [0.2, 0.25) is 0 Å². The maximum atomic E-state index is 11.9. The molecule has 1 saturated heterocycles. The molecule has 20 heavy (non-hydrogen) atoms. The molecule has 1 unspecified atom stereocenters. The van der Waals surface area contributed by atoms with Crippen molar-refractivity contribution in [3.63, 3.8) is 0 Å². The van der Waals surface area contributed by atoms with Crippen LogP contribution < -0.4 is 0 Å². The van der Waals surface area contributed by atoms with Crippen molar-refractivity contribution in [2.24, 2.45) is 0 Å². The molecular weight excluding hydrogens is 272 g/mol. The van der Waals surface area contributed by atoms with Gasteiger partial charge in [-0.05, 0) is 38.9 Å². The molecule has 4 nitrogen and oxygen atoms in total. The number of carbonyl (C=O) groups excluding carboxylic acids is 2. The zero-order chi connectivity index (χ0) is 15.0. The van der Waals surface area contributed by atoms with E-state index < -0.39 is 0 Å². The van der Waals surface area contributed by atoms with Crippen molar-refractivity contribution in [3.8, 4) is 0 Å². The number of thioether (sulfide) groups is 1. The highest BCUT2D eigenvalue weighted by molar-refractivity contribution is 8.14. The molecule has 1 aliphatic heterocycles. The normalized spacial score (nSPS) is 19.1. The van der Waals surface area contributed by atoms with E-state index in [1.807, 2.05) is 4.90 Å². The number of nitrogens with zero attached hydrogens (tertiary/aromatic N) is 2. The molecule has 0 aromatic heterocycles. The lowest BCUT2D eigenvalue weighted by Crippen LogP contribution is -2.32. The van der Waals surface area contributed by atoms with Gasteiger partial charge in [0.15, 0.2) is 5.12 Å². The van der Waals surface area contributed by atoms with Gasteiger partial charge in [-0.1, -0.05) is 25.6 Å². The van der Waals surface area contributed by atoms with Crippen LogP contribution in [0, 0.1) is 0 Å². The van der Waals surface area contributed by atoms with Crippen molar-refractivity contribution in [1.29, 1.82) is 0 Å². The minimum absolute atomic E-state index is 0.113. The van der Waals surface area contributed by atoms with Crippen LogP contribution in [0.5, 0.6) is 0 Å². The quantitative estimate of drug-likeness (QED) is 0.655. The summed E-state index contributed by atoms with van der Waals surface area (Å²) in [5, 5.41) is 0.282. The summed E-state index contributed by atoms with van der Waals surface area (Å²) < 4.78 is 0. The monoisotopic (exact) mass is 300 g/mol. The molecule has 0 bridgehead atoms. The van der Waals surface area contributed by atoms with E-state index in [0.29, 0.717) is 6.42 Å². The first kappa shape index (κ1) is 17.5. The van der Waals surface area contributed by atoms with Crippen LogP contribution in [-0.2, 0) is 9.59 Å². The van der Waals surface area contributed by atoms with Gasteiger partial charge in [-0.15, -0.1) is 0 Å². The summed E-state index contributed by atoms with van der Waals surface area (Å²) >= 11 is 1.31. The van der Waals surface area contributed by atoms with Crippen LogP contribution in [0.1, 0.15) is 46.5 Å². The summed E-state index contributed by atoms with van der Waals surface area (Å²) in [6.45, 7) is 10.9. The molecule has 0 saturated carbocycles. The van der Waals surface area contributed by atoms with Crippen LogP contribution in [-0.4, -0.2) is 58.8 Å². The molecule has 1 heterocycles. The number of hydrogen-bond acceptors (Lipinski definition) is 4. The number of amides is 1. The van der Waals surface area contributed by atoms with Crippen LogP contribution in [0.15, 0.2) is 0 Å². The van der Waals surface area contributed by atoms with Crippen molar-refractivity contribution < 1.29 is 9.59 Å². The summed E-state index contributed by atoms with van der Waals surface area (Å²) in [6.07, 6.45) is 3.92. The van der Waals surface area contributed by atoms with Gasteiger partial charge in [0.25, 0.3) is 0 Å². The SMILES string of the molecule is CCCN(CCC)CCCN1CC(SC(C)=O)CC1=O. The van der Waals surface area contributed by atoms with Gasteiger partial charge in [-0.25, -0.2) is 0 Å². The summed E-state index contributed by atoms with van der Waals surface area (Å²) in [4.78, 5) is 27.4. The molecule has 0 aromatic rings. The van der Waals surface area contributed by atoms with Crippen molar-refractivity contribution >= 4 is 22.8 Å². The highest BCUT2D eigenvalue weighted by Crippen LogP contribution is 2.24. The van der Waals surface area contributed by atoms with Crippen LogP contribution in [0.25, 0.3) is 0 Å². The molecular formula is C15H28N2O2S. The molecule has 1 amide bonds. The molecule has 0 radical (unpaired) electrons. The van der Waals surface area contributed by atoms with Crippen molar-refractivity contribution in [2.75, 3.05) is 32.7 Å². The Morgan fingerprint density at radius 1 is 1.30 bits per heavy atom. The molecule has 1 aliphatic rings. The Morgan fingerprint density at radius 3 is 2.50 bits per heavy atom. The van der Waals surface area contributed by atoms with Gasteiger partial charge in [-0.2, -0.15) is 0 Å². The fraction of sp³-hybridized carbons (Fsp3) is 0.867. The van der Waals surface area contributed by atoms with E-state index in [2.05, 4.69) is 18.7 Å². The Labute approximate surface area is 127 Å². The third-order valence-corrected chi connectivity index (χ3v) is 4.47. The smallest absolute Gasteiger partial charge is 0.223 e. The average Bonchev–Trinajstić information content (AvgIpc) is 2.69. The van der Waals surface area contributed by atoms with E-state index in [1.54, 1.807) is 6.92 Å². The number of likely N-dealkylation sites (tertiary alicyclic amines) is 1. The van der Waals surface area contributed by atoms with E-state index >= 15 is 0 Å². The lowest BCUT2D eigenvalue weighted by molar-refractivity contribution is -0.127. The molecule has 0 N–H and O–H groups in total. The van der Waals surface area contributed by atoms with E-state index in [1.165, 1.54) is 24.6 Å². The topological polar surface area (TPSA) is 40.6 Å². The second-order valence-electron chi connectivity index (χ2n) is 5.47. The molecule has 0 aromatic carbocycles. The zero-order valence-electron chi connectivity index (χ0n) is 13.1. The van der Waals surface area contributed by atoms with Crippen LogP contribution in [0.3, 0.4) is 0 Å². The standard InChI is InChI=1S/C15H28N2O2S/c1-4-7-16(8-5-2)9-6-10-17-12-14(11-15(17)19)20-13(3)18/h14H,4-12H2,1-3H3. The second-order valence-corrected chi connectivity index (χ2v) is 6.95. The highest BCUT2D eigenvalue weighted by atomic mass is 32.2. The molecule has 1 atom stereocenters. The first-order chi connectivity index (χ1) is 9.56. The van der Waals surface area contributed by atoms with Crippen molar-refractivity contribution in [1.82, 2.24) is 9.80 Å². The van der Waals surface area contributed by atoms with Crippen molar-refractivity contribution in [3.05, 3.63) is 0 Å².